The average Bonchev–Trinajstić information content (AvgIpc) is 3.41. The van der Waals surface area contributed by atoms with Crippen molar-refractivity contribution >= 4 is 19.7 Å². The molecule has 0 rings (SSSR count). The van der Waals surface area contributed by atoms with E-state index in [1.807, 2.05) is 33.3 Å². The van der Waals surface area contributed by atoms with Crippen LogP contribution in [0, 0.1) is 0 Å². The maximum absolute atomic E-state index is 13.5. The van der Waals surface area contributed by atoms with Crippen molar-refractivity contribution in [1.29, 1.82) is 0 Å². The first kappa shape index (κ1) is 76.5. The number of hydrogen-bond donors (Lipinski definition) is 2. The van der Waals surface area contributed by atoms with Gasteiger partial charge in [0.1, 0.15) is 19.3 Å². The predicted octanol–water partition coefficient (Wildman–Crippen LogP) is 20.8. The molecule has 0 bridgehead atoms. The minimum Gasteiger partial charge on any atom is -0.456 e. The quantitative estimate of drug-likeness (QED) is 0.0205. The summed E-state index contributed by atoms with van der Waals surface area (Å²) in [6, 6.07) is -0.866. The Hall–Kier alpha value is -2.55. The molecule has 2 N–H and O–H groups in total. The second kappa shape index (κ2) is 58.6. The lowest BCUT2D eigenvalue weighted by molar-refractivity contribution is -0.870. The molecule has 1 amide bonds. The molecule has 0 aromatic heterocycles. The van der Waals surface area contributed by atoms with Crippen LogP contribution < -0.4 is 5.32 Å². The number of amides is 1. The average molecular weight is 1130 g/mol. The fraction of sp³-hybridized carbons (Fsp3) is 0.797. The van der Waals surface area contributed by atoms with Gasteiger partial charge in [-0.25, -0.2) is 4.57 Å². The largest absolute Gasteiger partial charge is 0.472 e. The van der Waals surface area contributed by atoms with Crippen molar-refractivity contribution in [1.82, 2.24) is 5.32 Å². The minimum absolute atomic E-state index is 0.0324. The molecule has 0 aliphatic heterocycles. The lowest BCUT2D eigenvalue weighted by Crippen LogP contribution is -2.47. The number of carbonyl (C=O) groups is 2. The number of quaternary nitrogens is 1. The van der Waals surface area contributed by atoms with Crippen LogP contribution in [0.15, 0.2) is 72.9 Å². The van der Waals surface area contributed by atoms with Crippen molar-refractivity contribution in [2.45, 2.75) is 315 Å². The smallest absolute Gasteiger partial charge is 0.456 e. The highest BCUT2D eigenvalue weighted by Gasteiger charge is 2.30. The van der Waals surface area contributed by atoms with Gasteiger partial charge in [0.25, 0.3) is 0 Å². The topological polar surface area (TPSA) is 111 Å². The van der Waals surface area contributed by atoms with Crippen LogP contribution in [0.2, 0.25) is 0 Å². The van der Waals surface area contributed by atoms with E-state index in [1.54, 1.807) is 0 Å². The van der Waals surface area contributed by atoms with E-state index in [0.717, 1.165) is 83.5 Å². The maximum Gasteiger partial charge on any atom is 0.472 e. The molecule has 0 fully saturated rings. The van der Waals surface area contributed by atoms with Crippen LogP contribution in [-0.2, 0) is 27.9 Å². The normalized spacial score (nSPS) is 14.1. The Labute approximate surface area is 489 Å². The predicted molar refractivity (Wildman–Crippen MR) is 341 cm³/mol. The van der Waals surface area contributed by atoms with E-state index < -0.39 is 20.0 Å². The van der Waals surface area contributed by atoms with Gasteiger partial charge in [-0.2, -0.15) is 0 Å². The van der Waals surface area contributed by atoms with Gasteiger partial charge in [0.05, 0.1) is 33.8 Å². The molecular formula is C69H128N2O7P+. The second-order valence-electron chi connectivity index (χ2n) is 23.6. The minimum atomic E-state index is -4.46. The molecule has 0 spiro atoms. The zero-order chi connectivity index (χ0) is 57.9. The Bertz CT molecular complexity index is 1580. The zero-order valence-electron chi connectivity index (χ0n) is 52.6. The van der Waals surface area contributed by atoms with Crippen LogP contribution in [0.3, 0.4) is 0 Å². The van der Waals surface area contributed by atoms with E-state index in [1.165, 1.54) is 180 Å². The van der Waals surface area contributed by atoms with Crippen LogP contribution in [0.25, 0.3) is 0 Å². The highest BCUT2D eigenvalue weighted by Crippen LogP contribution is 2.43. The molecule has 0 saturated heterocycles. The molecule has 0 radical (unpaired) electrons. The Morgan fingerprint density at radius 3 is 1.24 bits per heavy atom. The van der Waals surface area contributed by atoms with Gasteiger partial charge >= 0.3 is 13.8 Å². The van der Waals surface area contributed by atoms with Gasteiger partial charge in [0, 0.05) is 12.8 Å². The van der Waals surface area contributed by atoms with Gasteiger partial charge in [-0.3, -0.25) is 18.6 Å². The van der Waals surface area contributed by atoms with E-state index >= 15 is 0 Å². The highest BCUT2D eigenvalue weighted by atomic mass is 31.2. The summed E-state index contributed by atoms with van der Waals surface area (Å²) in [5.74, 6) is -0.535. The van der Waals surface area contributed by atoms with Crippen molar-refractivity contribution in [3.05, 3.63) is 72.9 Å². The number of phosphoric acid groups is 1. The number of rotatable bonds is 60. The van der Waals surface area contributed by atoms with Crippen LogP contribution in [0.5, 0.6) is 0 Å². The number of nitrogens with one attached hydrogen (secondary N) is 1. The van der Waals surface area contributed by atoms with Gasteiger partial charge in [-0.05, 0) is 96.0 Å². The molecule has 0 heterocycles. The fourth-order valence-corrected chi connectivity index (χ4v) is 10.3. The van der Waals surface area contributed by atoms with Crippen LogP contribution in [0.1, 0.15) is 303 Å². The van der Waals surface area contributed by atoms with Crippen molar-refractivity contribution in [3.63, 3.8) is 0 Å². The summed E-state index contributed by atoms with van der Waals surface area (Å²) in [5.41, 5.74) is 0. The van der Waals surface area contributed by atoms with Crippen molar-refractivity contribution in [2.24, 2.45) is 0 Å². The molecule has 3 unspecified atom stereocenters. The number of ether oxygens (including phenoxy) is 1. The maximum atomic E-state index is 13.5. The molecule has 10 heteroatoms. The lowest BCUT2D eigenvalue weighted by Gasteiger charge is -2.27. The van der Waals surface area contributed by atoms with Gasteiger partial charge < -0.3 is 19.4 Å². The second-order valence-corrected chi connectivity index (χ2v) is 25.1. The van der Waals surface area contributed by atoms with Crippen molar-refractivity contribution in [2.75, 3.05) is 40.9 Å². The first-order valence-electron chi connectivity index (χ1n) is 33.3. The Kier molecular flexibility index (Phi) is 56.7. The monoisotopic (exact) mass is 1130 g/mol. The summed E-state index contributed by atoms with van der Waals surface area (Å²) in [4.78, 5) is 37.8. The number of carbonyl (C=O) groups excluding carboxylic acids is 2. The third-order valence-electron chi connectivity index (χ3n) is 14.6. The molecule has 9 nitrogen and oxygen atoms in total. The third-order valence-corrected chi connectivity index (χ3v) is 15.6. The standard InChI is InChI=1S/C69H127N2O7P/c1-7-10-13-16-19-22-25-28-30-32-33-34-35-36-37-38-39-40-42-44-47-50-53-56-59-62-69(73)78-67(60-57-54-51-48-45-27-24-21-18-15-12-9-3)66(65-77-79(74,75)76-64-63-71(4,5)6)70-68(72)61-58-55-52-49-46-43-41-31-29-26-23-20-17-14-11-8-2/h11,14,20,23,28-31,43,46,57,60,66-67H,7-10,12-13,15-19,21-22,24-27,32-42,44-45,47-56,58-59,61-65H2,1-6H3,(H-,70,72,74,75)/p+1/b14-11+,23-20+,30-28+,31-29+,46-43+,60-57-. The van der Waals surface area contributed by atoms with Crippen molar-refractivity contribution in [3.8, 4) is 0 Å². The van der Waals surface area contributed by atoms with E-state index in [-0.39, 0.29) is 31.5 Å². The lowest BCUT2D eigenvalue weighted by atomic mass is 10.0. The van der Waals surface area contributed by atoms with Gasteiger partial charge in [-0.15, -0.1) is 0 Å². The molecule has 0 aliphatic carbocycles. The number of allylic oxidation sites excluding steroid dienone is 11. The molecule has 79 heavy (non-hydrogen) atoms. The summed E-state index contributed by atoms with van der Waals surface area (Å²) in [6.45, 7) is 6.89. The summed E-state index contributed by atoms with van der Waals surface area (Å²) in [5, 5.41) is 3.04. The molecule has 0 saturated carbocycles. The first-order chi connectivity index (χ1) is 38.4. The van der Waals surface area contributed by atoms with E-state index in [9.17, 15) is 19.0 Å². The first-order valence-corrected chi connectivity index (χ1v) is 34.8. The highest BCUT2D eigenvalue weighted by molar-refractivity contribution is 7.47. The Balaban J connectivity index is 5.12. The summed E-state index contributed by atoms with van der Waals surface area (Å²) in [6.07, 6.45) is 76.3. The number of esters is 1. The molecule has 0 aromatic carbocycles. The van der Waals surface area contributed by atoms with E-state index in [4.69, 9.17) is 13.8 Å². The molecule has 3 atom stereocenters. The number of unbranched alkanes of at least 4 members (excludes halogenated alkanes) is 34. The number of likely N-dealkylation sites (N-methyl/N-ethyl adjacent to an activating group) is 1. The van der Waals surface area contributed by atoms with Crippen LogP contribution in [0.4, 0.5) is 0 Å². The molecule has 0 aliphatic rings. The summed E-state index contributed by atoms with van der Waals surface area (Å²) in [7, 11) is 1.47. The van der Waals surface area contributed by atoms with Gasteiger partial charge in [0.15, 0.2) is 0 Å². The SMILES string of the molecule is CC/C=C/C/C=C/C/C=C/C/C=C/CCCCCC(=O)NC(COP(=O)(O)OCC[N+](C)(C)C)C(/C=C\CCCCCCCCCCCC)OC(=O)CCCCCCCCCCCCCCCCC/C=C/CCCCCCCC. The number of nitrogens with zero attached hydrogens (tertiary/aromatic N) is 1. The van der Waals surface area contributed by atoms with E-state index in [2.05, 4.69) is 86.8 Å². The molecule has 460 valence electrons. The summed E-state index contributed by atoms with van der Waals surface area (Å²) < 4.78 is 30.7. The van der Waals surface area contributed by atoms with Gasteiger partial charge in [-0.1, -0.05) is 267 Å². The van der Waals surface area contributed by atoms with Crippen LogP contribution in [-0.4, -0.2) is 74.3 Å². The van der Waals surface area contributed by atoms with Gasteiger partial charge in [0.2, 0.25) is 5.91 Å². The summed E-state index contributed by atoms with van der Waals surface area (Å²) >= 11 is 0. The van der Waals surface area contributed by atoms with Crippen LogP contribution >= 0.6 is 7.82 Å². The third kappa shape index (κ3) is 59.9. The number of hydrogen-bond acceptors (Lipinski definition) is 6. The Morgan fingerprint density at radius 1 is 0.456 bits per heavy atom. The zero-order valence-corrected chi connectivity index (χ0v) is 53.5. The Morgan fingerprint density at radius 2 is 0.810 bits per heavy atom. The molecular weight excluding hydrogens is 1000 g/mol. The fourth-order valence-electron chi connectivity index (χ4n) is 9.52. The van der Waals surface area contributed by atoms with Crippen molar-refractivity contribution < 1.29 is 37.3 Å². The van der Waals surface area contributed by atoms with E-state index in [0.29, 0.717) is 23.9 Å². The number of phosphoric ester groups is 1. The molecule has 0 aromatic rings.